The predicted octanol–water partition coefficient (Wildman–Crippen LogP) is 21.5. The highest BCUT2D eigenvalue weighted by Crippen LogP contribution is 2.43. The van der Waals surface area contributed by atoms with Crippen LogP contribution >= 0.6 is 22.9 Å². The second kappa shape index (κ2) is 41.7. The van der Waals surface area contributed by atoms with Crippen LogP contribution in [0, 0.1) is 58.3 Å². The van der Waals surface area contributed by atoms with Crippen LogP contribution in [0.2, 0.25) is 5.02 Å². The summed E-state index contributed by atoms with van der Waals surface area (Å²) in [7, 11) is -3.96. The van der Waals surface area contributed by atoms with E-state index in [0.29, 0.717) is 91.8 Å². The Morgan fingerprint density at radius 1 is 0.406 bits per heavy atom. The second-order valence-electron chi connectivity index (χ2n) is 35.0. The highest BCUT2D eigenvalue weighted by atomic mass is 35.5. The van der Waals surface area contributed by atoms with Crippen LogP contribution in [0.4, 0.5) is 59.0 Å². The highest BCUT2D eigenvalue weighted by Gasteiger charge is 2.32. The van der Waals surface area contributed by atoms with Crippen molar-refractivity contribution < 1.29 is 21.3 Å². The minimum absolute atomic E-state index is 0.145. The van der Waals surface area contributed by atoms with E-state index in [0.717, 1.165) is 119 Å². The van der Waals surface area contributed by atoms with Crippen molar-refractivity contribution in [2.45, 2.75) is 136 Å². The van der Waals surface area contributed by atoms with E-state index in [1.54, 1.807) is 97.7 Å². The molecule has 3 saturated carbocycles. The largest absolute Gasteiger partial charge is 0.464 e. The van der Waals surface area contributed by atoms with Gasteiger partial charge in [-0.3, -0.25) is 0 Å². The Morgan fingerprint density at radius 3 is 1.30 bits per heavy atom. The number of nitrogens with two attached hydrogens (primary N) is 6. The SMILES string of the molecule is CCc1cc(-c2cc(C)ccc2Cl)nc(N)n1.CNc1cc(-c2coc3ccccc23)nc(N)n1.CNc1cc(-c2csc3ccccc23)nc(N)n1.Cc1ccc(S(=O)(=O)n2cc(-c3cc(N[C@@H](C)C4CC4)nc(N)n3)c3ccccc32)cc1.Cc1ccc(S(=O)(=O)n2cc(-c3cc(N[C@H](C)C4CC4)nc(N)n3)c3ccccc32)cc1.Cc1cccc(-c2cc(C[C@@H](C)C3CC3)nc(N)n2)c1C. The third kappa shape index (κ3) is 22.7. The van der Waals surface area contributed by atoms with Gasteiger partial charge in [-0.05, 0) is 207 Å². The van der Waals surface area contributed by atoms with Crippen molar-refractivity contribution in [2.24, 2.45) is 23.7 Å². The summed E-state index contributed by atoms with van der Waals surface area (Å²) in [6.07, 6.45) is 14.3. The molecular weight excluding hydrogens is 1810 g/mol. The van der Waals surface area contributed by atoms with Crippen molar-refractivity contribution in [2.75, 3.05) is 69.8 Å². The van der Waals surface area contributed by atoms with Crippen LogP contribution in [0.3, 0.4) is 0 Å². The summed E-state index contributed by atoms with van der Waals surface area (Å²) < 4.78 is 63.2. The van der Waals surface area contributed by atoms with Crippen molar-refractivity contribution in [3.8, 4) is 67.5 Å². The number of thiophene rings is 1. The summed E-state index contributed by atoms with van der Waals surface area (Å²) in [5, 5.41) is 19.3. The van der Waals surface area contributed by atoms with Crippen molar-refractivity contribution in [3.05, 3.63) is 287 Å². The zero-order valence-electron chi connectivity index (χ0n) is 78.6. The molecule has 0 aliphatic heterocycles. The minimum Gasteiger partial charge on any atom is -0.464 e. The van der Waals surface area contributed by atoms with Crippen molar-refractivity contribution in [3.63, 3.8) is 0 Å². The number of hydrogen-bond acceptors (Lipinski definition) is 28. The maximum absolute atomic E-state index is 13.5. The minimum atomic E-state index is -3.79. The average molecular weight is 1920 g/mol. The number of fused-ring (bicyclic) bond motifs is 4. The van der Waals surface area contributed by atoms with Gasteiger partial charge in [0.15, 0.2) is 0 Å². The van der Waals surface area contributed by atoms with E-state index in [1.165, 1.54) is 67.7 Å². The van der Waals surface area contributed by atoms with Crippen molar-refractivity contribution >= 4 is 145 Å². The lowest BCUT2D eigenvalue weighted by Gasteiger charge is -2.14. The van der Waals surface area contributed by atoms with Gasteiger partial charge < -0.3 is 60.1 Å². The van der Waals surface area contributed by atoms with E-state index in [4.69, 9.17) is 50.4 Å². The fourth-order valence-electron chi connectivity index (χ4n) is 16.4. The summed E-state index contributed by atoms with van der Waals surface area (Å²) in [6.45, 7) is 18.7. The van der Waals surface area contributed by atoms with Crippen LogP contribution < -0.4 is 55.7 Å². The molecule has 10 aromatic heterocycles. The number of furan rings is 1. The third-order valence-electron chi connectivity index (χ3n) is 24.7. The van der Waals surface area contributed by atoms with Crippen molar-refractivity contribution in [1.29, 1.82) is 0 Å². The molecule has 138 heavy (non-hydrogen) atoms. The van der Waals surface area contributed by atoms with E-state index in [1.807, 2.05) is 156 Å². The summed E-state index contributed by atoms with van der Waals surface area (Å²) >= 11 is 7.88. The number of nitrogen functional groups attached to an aromatic ring is 6. The van der Waals surface area contributed by atoms with E-state index in [2.05, 4.69) is 157 Å². The molecule has 29 nitrogen and oxygen atoms in total. The molecule has 3 aliphatic rings. The first-order chi connectivity index (χ1) is 66.3. The molecule has 21 rings (SSSR count). The zero-order chi connectivity index (χ0) is 97.4. The van der Waals surface area contributed by atoms with Gasteiger partial charge in [0, 0.05) is 144 Å². The van der Waals surface area contributed by atoms with Crippen LogP contribution in [-0.2, 0) is 32.9 Å². The zero-order valence-corrected chi connectivity index (χ0v) is 81.8. The number of benzene rings is 8. The standard InChI is InChI=1S/2C24H25N5O2S.C18H23N3.C13H14ClN3.C13H12N4O.C13H12N4S/c2*1-15-7-11-18(12-8-15)32(30,31)29-14-20(19-5-3-4-6-22(19)29)21-13-23(28-24(25)27-21)26-16(2)17-9-10-17;1-11-5-4-6-16(13(11)3)17-10-15(20-18(19)21-17)9-12(2)14-7-8-14;1-3-9-7-12(17-13(15)16-9)10-6-8(2)4-5-11(10)14;2*1-15-12-6-10(16-13(14)17-12)9-7-18-11-5-3-2-4-8(9)11/h2*3-8,11-14,16-17H,9-10H2,1-2H3,(H3,25,26,27,28);4-6,10,12,14H,7-9H2,1-3H3,(H2,19,20,21);4-7H,3H2,1-2H3,(H2,15,16,17);2*2-7H,1H3,(H3,14,15,16,17)/t2*16-;12-;;;/m101.../s1. The molecule has 3 aliphatic carbocycles. The molecular formula is C105H111ClN24O5S3. The quantitative estimate of drug-likeness (QED) is 0.0301. The molecule has 0 unspecified atom stereocenters. The third-order valence-corrected chi connectivity index (χ3v) is 29.3. The Balaban J connectivity index is 0.000000122. The fourth-order valence-corrected chi connectivity index (χ4v) is 20.4. The van der Waals surface area contributed by atoms with Gasteiger partial charge in [0.2, 0.25) is 35.7 Å². The molecule has 0 spiro atoms. The summed E-state index contributed by atoms with van der Waals surface area (Å²) in [4.78, 5) is 51.9. The van der Waals surface area contributed by atoms with E-state index >= 15 is 0 Å². The van der Waals surface area contributed by atoms with Gasteiger partial charge >= 0.3 is 0 Å². The Labute approximate surface area is 811 Å². The Morgan fingerprint density at radius 2 is 0.812 bits per heavy atom. The predicted molar refractivity (Wildman–Crippen MR) is 560 cm³/mol. The van der Waals surface area contributed by atoms with Gasteiger partial charge in [0.25, 0.3) is 20.0 Å². The first-order valence-corrected chi connectivity index (χ1v) is 49.8. The Bertz CT molecular complexity index is 7370. The molecule has 0 saturated heterocycles. The molecule has 0 amide bonds. The maximum Gasteiger partial charge on any atom is 0.268 e. The molecule has 3 fully saturated rings. The maximum atomic E-state index is 13.5. The number of anilines is 10. The lowest BCUT2D eigenvalue weighted by molar-refractivity contribution is 0.501. The second-order valence-corrected chi connectivity index (χ2v) is 39.9. The van der Waals surface area contributed by atoms with Gasteiger partial charge in [0.05, 0.1) is 55.0 Å². The molecule has 18 aromatic rings. The molecule has 0 radical (unpaired) electrons. The molecule has 3 atom stereocenters. The molecule has 0 bridgehead atoms. The van der Waals surface area contributed by atoms with Crippen LogP contribution in [0.25, 0.3) is 110 Å². The van der Waals surface area contributed by atoms with Gasteiger partial charge in [0.1, 0.15) is 35.1 Å². The van der Waals surface area contributed by atoms with Gasteiger partial charge in [-0.15, -0.1) is 11.3 Å². The first-order valence-electron chi connectivity index (χ1n) is 45.7. The fraction of sp³-hybridized carbons (Fsp3) is 0.238. The molecule has 33 heteroatoms. The number of halogens is 1. The van der Waals surface area contributed by atoms with Crippen LogP contribution in [0.15, 0.2) is 257 Å². The summed E-state index contributed by atoms with van der Waals surface area (Å²) in [6, 6.07) is 68.7. The number of aromatic nitrogens is 14. The molecule has 706 valence electrons. The van der Waals surface area contributed by atoms with E-state index in [9.17, 15) is 16.8 Å². The summed E-state index contributed by atoms with van der Waals surface area (Å²) in [5.74, 6) is 7.05. The molecule has 8 aromatic carbocycles. The van der Waals surface area contributed by atoms with E-state index < -0.39 is 20.0 Å². The van der Waals surface area contributed by atoms with E-state index in [-0.39, 0.29) is 39.5 Å². The van der Waals surface area contributed by atoms with Crippen LogP contribution in [0.5, 0.6) is 0 Å². The molecule has 10 heterocycles. The van der Waals surface area contributed by atoms with Crippen molar-refractivity contribution in [1.82, 2.24) is 67.8 Å². The molecule has 16 N–H and O–H groups in total. The normalized spacial score (nSPS) is 13.5. The smallest absolute Gasteiger partial charge is 0.268 e. The van der Waals surface area contributed by atoms with Gasteiger partial charge in [-0.25, -0.2) is 64.7 Å². The number of nitrogens with one attached hydrogen (secondary N) is 4. The number of para-hydroxylation sites is 3. The Hall–Kier alpha value is -15.0. The summed E-state index contributed by atoms with van der Waals surface area (Å²) in [5.41, 5.74) is 54.7. The monoisotopic (exact) mass is 1920 g/mol. The number of aryl methyl sites for hydroxylation is 5. The average Bonchev–Trinajstić information content (AvgIpc) is 1.60. The highest BCUT2D eigenvalue weighted by molar-refractivity contribution is 7.90. The number of hydrogen-bond donors (Lipinski definition) is 10. The topological polar surface area (TPSA) is 450 Å². The lowest BCUT2D eigenvalue weighted by Crippen LogP contribution is -2.18. The first kappa shape index (κ1) is 96.1. The van der Waals surface area contributed by atoms with Crippen LogP contribution in [0.1, 0.15) is 105 Å². The Kier molecular flexibility index (Phi) is 29.0. The van der Waals surface area contributed by atoms with Gasteiger partial charge in [-0.2, -0.15) is 19.9 Å². The van der Waals surface area contributed by atoms with Crippen LogP contribution in [-0.4, -0.2) is 111 Å². The lowest BCUT2D eigenvalue weighted by atomic mass is 9.97. The van der Waals surface area contributed by atoms with Gasteiger partial charge in [-0.1, -0.05) is 163 Å². The number of rotatable bonds is 22. The number of nitrogens with zero attached hydrogens (tertiary/aromatic N) is 14.